The van der Waals surface area contributed by atoms with E-state index in [1.165, 1.54) is 12.1 Å². The Bertz CT molecular complexity index is 1070. The van der Waals surface area contributed by atoms with Crippen LogP contribution in [0.1, 0.15) is 22.3 Å². The number of carbonyl (C=O) groups is 1. The second kappa shape index (κ2) is 7.98. The fourth-order valence-electron chi connectivity index (χ4n) is 2.83. The zero-order valence-corrected chi connectivity index (χ0v) is 16.4. The standard InChI is InChI=1S/C18H19FN2O5S2/c19-15-5-7-17(8-6-15)28(25,26)20-11-13-1-3-14(4-2-13)18(22)21-16-9-10-27(23,24)12-16/h1-8,16,20H,9-12H2,(H,21,22). The lowest BCUT2D eigenvalue weighted by atomic mass is 10.1. The molecule has 1 atom stereocenters. The number of benzene rings is 2. The predicted molar refractivity (Wildman–Crippen MR) is 101 cm³/mol. The van der Waals surface area contributed by atoms with E-state index in [-0.39, 0.29) is 34.9 Å². The summed E-state index contributed by atoms with van der Waals surface area (Å²) in [7, 11) is -6.86. The third-order valence-corrected chi connectivity index (χ3v) is 7.56. The summed E-state index contributed by atoms with van der Waals surface area (Å²) in [6, 6.07) is 10.4. The van der Waals surface area contributed by atoms with Crippen LogP contribution in [-0.4, -0.2) is 40.3 Å². The van der Waals surface area contributed by atoms with Crippen LogP contribution in [0.2, 0.25) is 0 Å². The van der Waals surface area contributed by atoms with Crippen molar-refractivity contribution in [2.45, 2.75) is 23.9 Å². The summed E-state index contributed by atoms with van der Waals surface area (Å²) >= 11 is 0. The van der Waals surface area contributed by atoms with Gasteiger partial charge >= 0.3 is 0 Å². The van der Waals surface area contributed by atoms with E-state index in [0.717, 1.165) is 12.1 Å². The molecule has 10 heteroatoms. The SMILES string of the molecule is O=C(NC1CCS(=O)(=O)C1)c1ccc(CNS(=O)(=O)c2ccc(F)cc2)cc1. The molecule has 1 saturated heterocycles. The summed E-state index contributed by atoms with van der Waals surface area (Å²) in [4.78, 5) is 12.2. The number of hydrogen-bond acceptors (Lipinski definition) is 5. The highest BCUT2D eigenvalue weighted by Gasteiger charge is 2.29. The van der Waals surface area contributed by atoms with E-state index in [9.17, 15) is 26.0 Å². The van der Waals surface area contributed by atoms with E-state index in [2.05, 4.69) is 10.0 Å². The van der Waals surface area contributed by atoms with Crippen LogP contribution in [0.4, 0.5) is 4.39 Å². The molecule has 1 unspecified atom stereocenters. The molecule has 0 radical (unpaired) electrons. The van der Waals surface area contributed by atoms with Crippen LogP contribution in [-0.2, 0) is 26.4 Å². The van der Waals surface area contributed by atoms with Gasteiger partial charge in [-0.25, -0.2) is 25.9 Å². The molecule has 0 spiro atoms. The number of nitrogens with one attached hydrogen (secondary N) is 2. The number of sulfonamides is 1. The van der Waals surface area contributed by atoms with Crippen molar-refractivity contribution in [2.75, 3.05) is 11.5 Å². The molecule has 1 amide bonds. The fourth-order valence-corrected chi connectivity index (χ4v) is 5.52. The highest BCUT2D eigenvalue weighted by molar-refractivity contribution is 7.91. The summed E-state index contributed by atoms with van der Waals surface area (Å²) in [5.74, 6) is -0.879. The van der Waals surface area contributed by atoms with Crippen LogP contribution in [0.5, 0.6) is 0 Å². The first-order valence-electron chi connectivity index (χ1n) is 8.50. The summed E-state index contributed by atoms with van der Waals surface area (Å²) in [5, 5.41) is 2.69. The van der Waals surface area contributed by atoms with Gasteiger partial charge < -0.3 is 5.32 Å². The van der Waals surface area contributed by atoms with E-state index >= 15 is 0 Å². The number of halogens is 1. The summed E-state index contributed by atoms with van der Waals surface area (Å²) in [6.45, 7) is 0.00246. The maximum Gasteiger partial charge on any atom is 0.251 e. The molecular formula is C18H19FN2O5S2. The van der Waals surface area contributed by atoms with E-state index in [0.29, 0.717) is 17.5 Å². The Morgan fingerprint density at radius 2 is 1.71 bits per heavy atom. The van der Waals surface area contributed by atoms with Crippen LogP contribution >= 0.6 is 0 Å². The number of carbonyl (C=O) groups excluding carboxylic acids is 1. The average Bonchev–Trinajstić information content (AvgIpc) is 2.99. The fraction of sp³-hybridized carbons (Fsp3) is 0.278. The Kier molecular flexibility index (Phi) is 5.82. The van der Waals surface area contributed by atoms with Crippen LogP contribution in [0.3, 0.4) is 0 Å². The van der Waals surface area contributed by atoms with E-state index in [4.69, 9.17) is 0 Å². The molecule has 0 saturated carbocycles. The van der Waals surface area contributed by atoms with Gasteiger partial charge in [-0.1, -0.05) is 12.1 Å². The molecule has 2 N–H and O–H groups in total. The first-order valence-corrected chi connectivity index (χ1v) is 11.8. The smallest absolute Gasteiger partial charge is 0.251 e. The first kappa shape index (κ1) is 20.4. The van der Waals surface area contributed by atoms with Crippen LogP contribution in [0.25, 0.3) is 0 Å². The largest absolute Gasteiger partial charge is 0.348 e. The Morgan fingerprint density at radius 3 is 2.29 bits per heavy atom. The summed E-state index contributed by atoms with van der Waals surface area (Å²) < 4.78 is 62.6. The van der Waals surface area contributed by atoms with Crippen molar-refractivity contribution in [3.63, 3.8) is 0 Å². The topological polar surface area (TPSA) is 109 Å². The third kappa shape index (κ3) is 5.15. The minimum absolute atomic E-state index is 0.00246. The lowest BCUT2D eigenvalue weighted by Crippen LogP contribution is -2.35. The van der Waals surface area contributed by atoms with Gasteiger partial charge in [0.05, 0.1) is 16.4 Å². The molecule has 0 aromatic heterocycles. The minimum Gasteiger partial charge on any atom is -0.348 e. The molecule has 28 heavy (non-hydrogen) atoms. The van der Waals surface area contributed by atoms with Crippen molar-refractivity contribution in [1.82, 2.24) is 10.0 Å². The highest BCUT2D eigenvalue weighted by Crippen LogP contribution is 2.14. The minimum atomic E-state index is -3.78. The molecule has 1 aliphatic heterocycles. The lowest BCUT2D eigenvalue weighted by Gasteiger charge is -2.11. The van der Waals surface area contributed by atoms with Crippen LogP contribution in [0, 0.1) is 5.82 Å². The zero-order valence-electron chi connectivity index (χ0n) is 14.8. The molecule has 0 aliphatic carbocycles. The molecule has 1 aliphatic rings. The number of hydrogen-bond donors (Lipinski definition) is 2. The number of amides is 1. The monoisotopic (exact) mass is 426 g/mol. The number of sulfone groups is 1. The molecule has 150 valence electrons. The van der Waals surface area contributed by atoms with E-state index in [1.807, 2.05) is 0 Å². The average molecular weight is 426 g/mol. The summed E-state index contributed by atoms with van der Waals surface area (Å²) in [5.41, 5.74) is 0.986. The van der Waals surface area contributed by atoms with E-state index < -0.39 is 25.7 Å². The van der Waals surface area contributed by atoms with Gasteiger partial charge in [-0.05, 0) is 48.4 Å². The molecule has 1 fully saturated rings. The predicted octanol–water partition coefficient (Wildman–Crippen LogP) is 1.22. The van der Waals surface area contributed by atoms with Crippen molar-refractivity contribution < 1.29 is 26.0 Å². The maximum atomic E-state index is 12.9. The third-order valence-electron chi connectivity index (χ3n) is 4.37. The molecule has 1 heterocycles. The molecule has 0 bridgehead atoms. The Morgan fingerprint density at radius 1 is 1.07 bits per heavy atom. The highest BCUT2D eigenvalue weighted by atomic mass is 32.2. The molecule has 2 aromatic rings. The van der Waals surface area contributed by atoms with Crippen molar-refractivity contribution in [1.29, 1.82) is 0 Å². The normalized spacial score (nSPS) is 18.7. The molecule has 3 rings (SSSR count). The second-order valence-corrected chi connectivity index (χ2v) is 10.5. The zero-order chi connectivity index (χ0) is 20.4. The molecule has 2 aromatic carbocycles. The maximum absolute atomic E-state index is 12.9. The van der Waals surface area contributed by atoms with E-state index in [1.54, 1.807) is 24.3 Å². The van der Waals surface area contributed by atoms with Crippen LogP contribution in [0.15, 0.2) is 53.4 Å². The van der Waals surface area contributed by atoms with Gasteiger partial charge in [0, 0.05) is 18.2 Å². The van der Waals surface area contributed by atoms with Gasteiger partial charge in [0.25, 0.3) is 5.91 Å². The second-order valence-electron chi connectivity index (χ2n) is 6.55. The van der Waals surface area contributed by atoms with Crippen molar-refractivity contribution in [2.24, 2.45) is 0 Å². The Labute approximate surface area is 162 Å². The van der Waals surface area contributed by atoms with Crippen molar-refractivity contribution >= 4 is 25.8 Å². The van der Waals surface area contributed by atoms with Gasteiger partial charge in [-0.3, -0.25) is 4.79 Å². The molecular weight excluding hydrogens is 407 g/mol. The Balaban J connectivity index is 1.58. The first-order chi connectivity index (χ1) is 13.1. The van der Waals surface area contributed by atoms with Crippen LogP contribution < -0.4 is 10.0 Å². The van der Waals surface area contributed by atoms with Gasteiger partial charge in [-0.15, -0.1) is 0 Å². The molecule has 7 nitrogen and oxygen atoms in total. The van der Waals surface area contributed by atoms with Crippen molar-refractivity contribution in [3.8, 4) is 0 Å². The number of rotatable bonds is 6. The summed E-state index contributed by atoms with van der Waals surface area (Å²) in [6.07, 6.45) is 0.400. The van der Waals surface area contributed by atoms with Crippen molar-refractivity contribution in [3.05, 3.63) is 65.5 Å². The Hall–Kier alpha value is -2.30. The van der Waals surface area contributed by atoms with Gasteiger partial charge in [0.2, 0.25) is 10.0 Å². The van der Waals surface area contributed by atoms with Gasteiger partial charge in [0.15, 0.2) is 9.84 Å². The van der Waals surface area contributed by atoms with Gasteiger partial charge in [-0.2, -0.15) is 0 Å². The van der Waals surface area contributed by atoms with Gasteiger partial charge in [0.1, 0.15) is 5.82 Å². The quantitative estimate of drug-likeness (QED) is 0.722. The lowest BCUT2D eigenvalue weighted by molar-refractivity contribution is 0.0941.